The summed E-state index contributed by atoms with van der Waals surface area (Å²) < 4.78 is 24.0. The van der Waals surface area contributed by atoms with Crippen molar-refractivity contribution in [1.29, 1.82) is 5.26 Å². The molecular formula is C12H17N3O2S3. The molecule has 0 aromatic carbocycles. The van der Waals surface area contributed by atoms with E-state index in [2.05, 4.69) is 11.8 Å². The fourth-order valence-electron chi connectivity index (χ4n) is 2.22. The van der Waals surface area contributed by atoms with E-state index >= 15 is 0 Å². The molecule has 1 aromatic heterocycles. The van der Waals surface area contributed by atoms with Gasteiger partial charge in [0.2, 0.25) is 0 Å². The number of nitriles is 1. The lowest BCUT2D eigenvalue weighted by Gasteiger charge is -2.33. The van der Waals surface area contributed by atoms with Crippen LogP contribution in [-0.2, 0) is 9.84 Å². The van der Waals surface area contributed by atoms with Crippen molar-refractivity contribution in [1.82, 2.24) is 0 Å². The van der Waals surface area contributed by atoms with Crippen molar-refractivity contribution in [2.24, 2.45) is 0 Å². The largest absolute Gasteiger partial charge is 0.396 e. The molecule has 0 amide bonds. The van der Waals surface area contributed by atoms with Crippen LogP contribution in [0.2, 0.25) is 0 Å². The first-order valence-electron chi connectivity index (χ1n) is 6.27. The molecule has 0 spiro atoms. The van der Waals surface area contributed by atoms with Crippen LogP contribution in [0.5, 0.6) is 0 Å². The van der Waals surface area contributed by atoms with E-state index in [4.69, 9.17) is 11.0 Å². The second kappa shape index (κ2) is 5.84. The van der Waals surface area contributed by atoms with Crippen LogP contribution < -0.4 is 10.6 Å². The Kier molecular flexibility index (Phi) is 4.52. The van der Waals surface area contributed by atoms with E-state index in [0.717, 1.165) is 31.5 Å². The molecule has 20 heavy (non-hydrogen) atoms. The molecule has 0 bridgehead atoms. The van der Waals surface area contributed by atoms with Gasteiger partial charge in [-0.15, -0.1) is 11.3 Å². The second-order valence-corrected chi connectivity index (χ2v) is 9.07. The lowest BCUT2D eigenvalue weighted by Crippen LogP contribution is -2.37. The minimum atomic E-state index is -3.44. The van der Waals surface area contributed by atoms with Gasteiger partial charge in [-0.2, -0.15) is 17.0 Å². The summed E-state index contributed by atoms with van der Waals surface area (Å²) in [6.07, 6.45) is 2.19. The van der Waals surface area contributed by atoms with Crippen molar-refractivity contribution in [2.45, 2.75) is 23.5 Å². The Morgan fingerprint density at radius 3 is 2.80 bits per heavy atom. The number of rotatable bonds is 3. The van der Waals surface area contributed by atoms with Gasteiger partial charge in [-0.3, -0.25) is 0 Å². The predicted octanol–water partition coefficient (Wildman–Crippen LogP) is 1.94. The molecule has 1 aliphatic rings. The average Bonchev–Trinajstić information content (AvgIpc) is 2.75. The van der Waals surface area contributed by atoms with Crippen molar-refractivity contribution in [3.8, 4) is 6.07 Å². The van der Waals surface area contributed by atoms with Crippen LogP contribution in [0.1, 0.15) is 18.2 Å². The second-order valence-electron chi connectivity index (χ2n) is 4.71. The van der Waals surface area contributed by atoms with Crippen molar-refractivity contribution < 1.29 is 8.42 Å². The molecule has 1 saturated heterocycles. The van der Waals surface area contributed by atoms with E-state index in [1.54, 1.807) is 0 Å². The standard InChI is InChI=1S/C12H17N3O2S3/c1-3-8-7-15(4-5-18-8)12-11(20(2,16)17)10(14)9(6-13)19-12/h8H,3-5,7,14H2,1-2H3. The molecule has 1 unspecified atom stereocenters. The summed E-state index contributed by atoms with van der Waals surface area (Å²) in [7, 11) is -3.44. The Morgan fingerprint density at radius 1 is 1.55 bits per heavy atom. The van der Waals surface area contributed by atoms with Gasteiger partial charge in [-0.05, 0) is 6.42 Å². The summed E-state index contributed by atoms with van der Waals surface area (Å²) in [6.45, 7) is 3.71. The first-order chi connectivity index (χ1) is 9.38. The Morgan fingerprint density at radius 2 is 2.25 bits per heavy atom. The highest BCUT2D eigenvalue weighted by Crippen LogP contribution is 2.42. The Balaban J connectivity index is 2.49. The fourth-order valence-corrected chi connectivity index (χ4v) is 5.94. The number of nitrogens with zero attached hydrogens (tertiary/aromatic N) is 2. The molecule has 1 fully saturated rings. The summed E-state index contributed by atoms with van der Waals surface area (Å²) in [5, 5.41) is 10.2. The minimum Gasteiger partial charge on any atom is -0.396 e. The number of nitrogens with two attached hydrogens (primary N) is 1. The smallest absolute Gasteiger partial charge is 0.180 e. The zero-order chi connectivity index (χ0) is 14.9. The zero-order valence-corrected chi connectivity index (χ0v) is 13.9. The van der Waals surface area contributed by atoms with E-state index < -0.39 is 9.84 Å². The van der Waals surface area contributed by atoms with Crippen molar-refractivity contribution in [2.75, 3.05) is 35.7 Å². The molecule has 8 heteroatoms. The van der Waals surface area contributed by atoms with Gasteiger partial charge in [-0.1, -0.05) is 6.92 Å². The van der Waals surface area contributed by atoms with Crippen LogP contribution in [0, 0.1) is 11.3 Å². The summed E-state index contributed by atoms with van der Waals surface area (Å²) >= 11 is 3.09. The third-order valence-electron chi connectivity index (χ3n) is 3.24. The molecular weight excluding hydrogens is 314 g/mol. The van der Waals surface area contributed by atoms with Crippen molar-refractivity contribution in [3.63, 3.8) is 0 Å². The van der Waals surface area contributed by atoms with Gasteiger partial charge in [-0.25, -0.2) is 8.42 Å². The number of anilines is 2. The zero-order valence-electron chi connectivity index (χ0n) is 11.4. The molecule has 1 aliphatic heterocycles. The Hall–Kier alpha value is -0.910. The highest BCUT2D eigenvalue weighted by molar-refractivity contribution is 8.00. The third kappa shape index (κ3) is 2.90. The van der Waals surface area contributed by atoms with Crippen LogP contribution in [0.25, 0.3) is 0 Å². The maximum Gasteiger partial charge on any atom is 0.180 e. The molecule has 1 aromatic rings. The molecule has 110 valence electrons. The summed E-state index contributed by atoms with van der Waals surface area (Å²) in [5.41, 5.74) is 5.95. The van der Waals surface area contributed by atoms with E-state index in [9.17, 15) is 8.42 Å². The number of thioether (sulfide) groups is 1. The van der Waals surface area contributed by atoms with Crippen LogP contribution >= 0.6 is 23.1 Å². The third-order valence-corrected chi connectivity index (χ3v) is 7.06. The van der Waals surface area contributed by atoms with Gasteiger partial charge in [0.25, 0.3) is 0 Å². The van der Waals surface area contributed by atoms with E-state index in [1.807, 2.05) is 17.8 Å². The molecule has 5 nitrogen and oxygen atoms in total. The highest BCUT2D eigenvalue weighted by Gasteiger charge is 2.29. The van der Waals surface area contributed by atoms with Crippen LogP contribution in [0.4, 0.5) is 10.7 Å². The summed E-state index contributed by atoms with van der Waals surface area (Å²) in [4.78, 5) is 2.47. The normalized spacial score (nSPS) is 19.9. The van der Waals surface area contributed by atoms with E-state index in [1.165, 1.54) is 11.3 Å². The summed E-state index contributed by atoms with van der Waals surface area (Å²) in [6, 6.07) is 1.99. The van der Waals surface area contributed by atoms with Crippen LogP contribution in [-0.4, -0.2) is 38.8 Å². The number of thiophene rings is 1. The summed E-state index contributed by atoms with van der Waals surface area (Å²) in [5.74, 6) is 0.960. The number of hydrogen-bond acceptors (Lipinski definition) is 7. The Labute approximate surface area is 127 Å². The monoisotopic (exact) mass is 331 g/mol. The van der Waals surface area contributed by atoms with Gasteiger partial charge >= 0.3 is 0 Å². The number of nitrogen functional groups attached to an aromatic ring is 1. The van der Waals surface area contributed by atoms with Crippen LogP contribution in [0.15, 0.2) is 4.90 Å². The molecule has 2 rings (SSSR count). The van der Waals surface area contributed by atoms with Gasteiger partial charge < -0.3 is 10.6 Å². The van der Waals surface area contributed by atoms with E-state index in [-0.39, 0.29) is 15.5 Å². The number of sulfone groups is 1. The van der Waals surface area contributed by atoms with Gasteiger partial charge in [0.15, 0.2) is 9.84 Å². The molecule has 2 heterocycles. The maximum atomic E-state index is 12.0. The Bertz CT molecular complexity index is 646. The maximum absolute atomic E-state index is 12.0. The quantitative estimate of drug-likeness (QED) is 0.911. The number of hydrogen-bond donors (Lipinski definition) is 1. The van der Waals surface area contributed by atoms with E-state index in [0.29, 0.717) is 10.3 Å². The van der Waals surface area contributed by atoms with Gasteiger partial charge in [0.05, 0.1) is 5.69 Å². The molecule has 1 atom stereocenters. The van der Waals surface area contributed by atoms with Gasteiger partial charge in [0.1, 0.15) is 20.8 Å². The topological polar surface area (TPSA) is 87.2 Å². The van der Waals surface area contributed by atoms with Gasteiger partial charge in [0, 0.05) is 30.3 Å². The molecule has 0 aliphatic carbocycles. The highest BCUT2D eigenvalue weighted by atomic mass is 32.2. The van der Waals surface area contributed by atoms with Crippen LogP contribution in [0.3, 0.4) is 0 Å². The average molecular weight is 331 g/mol. The molecule has 0 radical (unpaired) electrons. The lowest BCUT2D eigenvalue weighted by molar-refractivity contribution is 0.602. The lowest BCUT2D eigenvalue weighted by atomic mass is 10.3. The SMILES string of the molecule is CCC1CN(c2sc(C#N)c(N)c2S(C)(=O)=O)CCS1. The molecule has 0 saturated carbocycles. The first-order valence-corrected chi connectivity index (χ1v) is 10.0. The first kappa shape index (κ1) is 15.5. The van der Waals surface area contributed by atoms with Crippen molar-refractivity contribution in [3.05, 3.63) is 4.88 Å². The minimum absolute atomic E-state index is 0.0984. The molecule has 2 N–H and O–H groups in total. The fraction of sp³-hybridized carbons (Fsp3) is 0.583. The van der Waals surface area contributed by atoms with Crippen molar-refractivity contribution >= 4 is 43.6 Å². The predicted molar refractivity (Wildman–Crippen MR) is 85.3 cm³/mol.